The summed E-state index contributed by atoms with van der Waals surface area (Å²) in [6, 6.07) is 5.09. The topological polar surface area (TPSA) is 22.0 Å². The van der Waals surface area contributed by atoms with E-state index in [1.165, 1.54) is 6.07 Å². The molecular weight excluding hydrogens is 227 g/mol. The van der Waals surface area contributed by atoms with Gasteiger partial charge in [0.15, 0.2) is 0 Å². The first-order valence-electron chi connectivity index (χ1n) is 3.55. The molecule has 0 saturated heterocycles. The predicted molar refractivity (Wildman–Crippen MR) is 45.4 cm³/mol. The van der Waals surface area contributed by atoms with Crippen LogP contribution in [-0.2, 0) is 38.2 Å². The molecule has 63 valence electrons. The molecule has 1 aromatic heterocycles. The summed E-state index contributed by atoms with van der Waals surface area (Å²) in [5.41, 5.74) is -0.370. The van der Waals surface area contributed by atoms with E-state index in [1.807, 2.05) is 19.9 Å². The van der Waals surface area contributed by atoms with Gasteiger partial charge in [0.05, 0.1) is 0 Å². The summed E-state index contributed by atoms with van der Waals surface area (Å²) in [6.45, 7) is 7.66. The summed E-state index contributed by atoms with van der Waals surface area (Å²) >= 11 is 0. The molecule has 0 aliphatic rings. The Kier molecular flexibility index (Phi) is 4.35. The summed E-state index contributed by atoms with van der Waals surface area (Å²) in [6.07, 6.45) is 1.75. The second-order valence-corrected chi connectivity index (χ2v) is 3.22. The van der Waals surface area contributed by atoms with Gasteiger partial charge in [-0.25, -0.2) is 0 Å². The number of rotatable bonds is 1. The standard InChI is InChI=1S/C9H12NO.Y/c1-9(2,3)10-7-5-4-6-8(10)11;/h4-7H,1H2,2-3H3;/q-1;. The van der Waals surface area contributed by atoms with Crippen molar-refractivity contribution in [1.29, 1.82) is 0 Å². The quantitative estimate of drug-likeness (QED) is 0.679. The van der Waals surface area contributed by atoms with Crippen LogP contribution in [-0.4, -0.2) is 4.57 Å². The molecule has 0 aliphatic carbocycles. The van der Waals surface area contributed by atoms with Crippen LogP contribution in [0.5, 0.6) is 0 Å². The van der Waals surface area contributed by atoms with Crippen molar-refractivity contribution in [3.8, 4) is 0 Å². The van der Waals surface area contributed by atoms with E-state index in [-0.39, 0.29) is 43.8 Å². The zero-order valence-corrected chi connectivity index (χ0v) is 10.3. The first-order valence-corrected chi connectivity index (χ1v) is 3.55. The zero-order valence-electron chi connectivity index (χ0n) is 7.45. The smallest absolute Gasteiger partial charge is 0.248 e. The minimum atomic E-state index is -0.363. The van der Waals surface area contributed by atoms with Gasteiger partial charge in [0.25, 0.3) is 0 Å². The third-order valence-corrected chi connectivity index (χ3v) is 1.47. The van der Waals surface area contributed by atoms with Gasteiger partial charge in [0.1, 0.15) is 0 Å². The largest absolute Gasteiger partial charge is 0.340 e. The Morgan fingerprint density at radius 3 is 2.33 bits per heavy atom. The molecule has 0 N–H and O–H groups in total. The Labute approximate surface area is 97.9 Å². The van der Waals surface area contributed by atoms with Gasteiger partial charge in [0.2, 0.25) is 5.56 Å². The monoisotopic (exact) mass is 239 g/mol. The molecule has 0 aromatic carbocycles. The third kappa shape index (κ3) is 2.83. The fourth-order valence-electron chi connectivity index (χ4n) is 0.927. The Morgan fingerprint density at radius 1 is 1.42 bits per heavy atom. The number of aromatic nitrogens is 1. The van der Waals surface area contributed by atoms with Crippen LogP contribution >= 0.6 is 0 Å². The summed E-state index contributed by atoms with van der Waals surface area (Å²) in [7, 11) is 0. The van der Waals surface area contributed by atoms with Crippen LogP contribution < -0.4 is 5.56 Å². The molecule has 0 aliphatic heterocycles. The second-order valence-electron chi connectivity index (χ2n) is 3.22. The first-order chi connectivity index (χ1) is 5.02. The SMILES string of the molecule is [CH2-]C(C)(C)n1ccccc1=O.[Y]. The minimum Gasteiger partial charge on any atom is -0.340 e. The molecule has 1 heterocycles. The van der Waals surface area contributed by atoms with Gasteiger partial charge < -0.3 is 11.5 Å². The van der Waals surface area contributed by atoms with Crippen LogP contribution in [0.15, 0.2) is 29.2 Å². The van der Waals surface area contributed by atoms with Crippen LogP contribution in [0.3, 0.4) is 0 Å². The van der Waals surface area contributed by atoms with Gasteiger partial charge >= 0.3 is 0 Å². The molecule has 0 unspecified atom stereocenters. The van der Waals surface area contributed by atoms with Crippen molar-refractivity contribution in [2.75, 3.05) is 0 Å². The van der Waals surface area contributed by atoms with Crippen molar-refractivity contribution in [3.63, 3.8) is 0 Å². The fourth-order valence-corrected chi connectivity index (χ4v) is 0.927. The summed E-state index contributed by atoms with van der Waals surface area (Å²) in [5.74, 6) is 0. The zero-order chi connectivity index (χ0) is 8.48. The normalized spacial score (nSPS) is 10.6. The van der Waals surface area contributed by atoms with Gasteiger partial charge in [-0.3, -0.25) is 4.79 Å². The van der Waals surface area contributed by atoms with E-state index in [1.54, 1.807) is 16.8 Å². The van der Waals surface area contributed by atoms with Crippen molar-refractivity contribution < 1.29 is 32.7 Å². The van der Waals surface area contributed by atoms with E-state index in [4.69, 9.17) is 0 Å². The molecule has 0 saturated carbocycles. The van der Waals surface area contributed by atoms with Gasteiger partial charge in [-0.15, -0.1) is 0 Å². The molecule has 0 fully saturated rings. The van der Waals surface area contributed by atoms with E-state index in [2.05, 4.69) is 6.92 Å². The van der Waals surface area contributed by atoms with E-state index in [0.29, 0.717) is 0 Å². The maximum Gasteiger partial charge on any atom is 0.248 e. The van der Waals surface area contributed by atoms with Crippen molar-refractivity contribution in [1.82, 2.24) is 4.57 Å². The Balaban J connectivity index is 0.00000121. The molecule has 0 amide bonds. The average molecular weight is 239 g/mol. The van der Waals surface area contributed by atoms with Crippen molar-refractivity contribution in [3.05, 3.63) is 41.7 Å². The molecule has 0 atom stereocenters. The van der Waals surface area contributed by atoms with Crippen molar-refractivity contribution in [2.24, 2.45) is 0 Å². The van der Waals surface area contributed by atoms with Crippen molar-refractivity contribution in [2.45, 2.75) is 19.4 Å². The van der Waals surface area contributed by atoms with Crippen LogP contribution in [0.4, 0.5) is 0 Å². The van der Waals surface area contributed by atoms with Crippen LogP contribution in [0.25, 0.3) is 0 Å². The Hall–Kier alpha value is 0.0539. The maximum absolute atomic E-state index is 11.2. The second kappa shape index (κ2) is 4.34. The number of pyridine rings is 1. The van der Waals surface area contributed by atoms with E-state index in [9.17, 15) is 4.79 Å². The summed E-state index contributed by atoms with van der Waals surface area (Å²) < 4.78 is 1.60. The maximum atomic E-state index is 11.2. The molecular formula is C9H12NOY-. The van der Waals surface area contributed by atoms with Gasteiger partial charge in [-0.2, -0.15) is 0 Å². The molecule has 1 aromatic rings. The van der Waals surface area contributed by atoms with E-state index < -0.39 is 0 Å². The third-order valence-electron chi connectivity index (χ3n) is 1.47. The van der Waals surface area contributed by atoms with Gasteiger partial charge in [0, 0.05) is 45.0 Å². The summed E-state index contributed by atoms with van der Waals surface area (Å²) in [4.78, 5) is 11.2. The van der Waals surface area contributed by atoms with Crippen LogP contribution in [0.1, 0.15) is 13.8 Å². The number of hydrogen-bond donors (Lipinski definition) is 0. The predicted octanol–water partition coefficient (Wildman–Crippen LogP) is 1.41. The molecule has 1 radical (unpaired) electrons. The fraction of sp³-hybridized carbons (Fsp3) is 0.333. The van der Waals surface area contributed by atoms with Gasteiger partial charge in [-0.05, 0) is 6.07 Å². The molecule has 12 heavy (non-hydrogen) atoms. The molecule has 2 nitrogen and oxygen atoms in total. The van der Waals surface area contributed by atoms with Gasteiger partial charge in [-0.1, -0.05) is 25.5 Å². The molecule has 0 spiro atoms. The summed E-state index contributed by atoms with van der Waals surface area (Å²) in [5, 5.41) is 0. The first kappa shape index (κ1) is 12.1. The van der Waals surface area contributed by atoms with E-state index >= 15 is 0 Å². The molecule has 1 rings (SSSR count). The van der Waals surface area contributed by atoms with E-state index in [0.717, 1.165) is 0 Å². The van der Waals surface area contributed by atoms with Crippen LogP contribution in [0.2, 0.25) is 0 Å². The number of nitrogens with zero attached hydrogens (tertiary/aromatic N) is 1. The molecule has 0 bridgehead atoms. The number of hydrogen-bond acceptors (Lipinski definition) is 1. The average Bonchev–Trinajstić information content (AvgIpc) is 1.86. The van der Waals surface area contributed by atoms with Crippen molar-refractivity contribution >= 4 is 0 Å². The van der Waals surface area contributed by atoms with Crippen LogP contribution in [0, 0.1) is 6.92 Å². The minimum absolute atomic E-state index is 0. The Bertz CT molecular complexity index is 298. The molecule has 3 heteroatoms. The Morgan fingerprint density at radius 2 is 2.00 bits per heavy atom.